The number of nitrogens with zero attached hydrogens (tertiary/aromatic N) is 2. The molecule has 0 spiro atoms. The van der Waals surface area contributed by atoms with Crippen LogP contribution >= 0.6 is 0 Å². The molecule has 0 amide bonds. The second-order valence-electron chi connectivity index (χ2n) is 5.21. The lowest BCUT2D eigenvalue weighted by molar-refractivity contribution is 0.0698. The van der Waals surface area contributed by atoms with Gasteiger partial charge in [0.15, 0.2) is 0 Å². The maximum atomic E-state index is 12.4. The molecule has 3 rings (SSSR count). The Balaban J connectivity index is 2.01. The summed E-state index contributed by atoms with van der Waals surface area (Å²) in [6, 6.07) is 17.1. The molecule has 0 unspecified atom stereocenters. The maximum absolute atomic E-state index is 12.4. The molecule has 6 nitrogen and oxygen atoms in total. The van der Waals surface area contributed by atoms with Crippen LogP contribution in [0.15, 0.2) is 65.5 Å². The molecule has 2 N–H and O–H groups in total. The number of carbonyl (C=O) groups is 1. The standard InChI is InChI=1S/C18H15N3O3/c1-21-16(19-14-10-6-5-9-13(14)18(23)24)11-15(22)17(20-21)12-7-3-2-4-8-12/h2-11,19H,1H3,(H,23,24). The number of nitrogens with one attached hydrogen (secondary N) is 1. The summed E-state index contributed by atoms with van der Waals surface area (Å²) in [4.78, 5) is 23.6. The van der Waals surface area contributed by atoms with Crippen molar-refractivity contribution in [2.24, 2.45) is 7.05 Å². The molecule has 24 heavy (non-hydrogen) atoms. The Kier molecular flexibility index (Phi) is 4.11. The highest BCUT2D eigenvalue weighted by atomic mass is 16.4. The molecule has 3 aromatic rings. The SMILES string of the molecule is Cn1nc(-c2ccccc2)c(=O)cc1Nc1ccccc1C(=O)O. The van der Waals surface area contributed by atoms with Crippen LogP contribution in [0, 0.1) is 0 Å². The molecular formula is C18H15N3O3. The van der Waals surface area contributed by atoms with Crippen molar-refractivity contribution in [1.29, 1.82) is 0 Å². The van der Waals surface area contributed by atoms with Gasteiger partial charge in [-0.05, 0) is 12.1 Å². The van der Waals surface area contributed by atoms with Crippen LogP contribution in [0.5, 0.6) is 0 Å². The zero-order valence-electron chi connectivity index (χ0n) is 12.9. The van der Waals surface area contributed by atoms with Crippen LogP contribution in [0.4, 0.5) is 11.5 Å². The Morgan fingerprint density at radius 2 is 1.75 bits per heavy atom. The third kappa shape index (κ3) is 3.03. The second kappa shape index (κ2) is 6.37. The van der Waals surface area contributed by atoms with Crippen molar-refractivity contribution in [2.75, 3.05) is 5.32 Å². The summed E-state index contributed by atoms with van der Waals surface area (Å²) in [6.45, 7) is 0. The fourth-order valence-corrected chi connectivity index (χ4v) is 2.37. The molecule has 0 fully saturated rings. The Morgan fingerprint density at radius 1 is 1.08 bits per heavy atom. The summed E-state index contributed by atoms with van der Waals surface area (Å²) in [7, 11) is 1.69. The molecule has 0 saturated carbocycles. The largest absolute Gasteiger partial charge is 0.478 e. The third-order valence-corrected chi connectivity index (χ3v) is 3.57. The number of hydrogen-bond acceptors (Lipinski definition) is 4. The Hall–Kier alpha value is -3.41. The Bertz CT molecular complexity index is 949. The van der Waals surface area contributed by atoms with Crippen LogP contribution in [0.1, 0.15) is 10.4 Å². The van der Waals surface area contributed by atoms with Gasteiger partial charge in [-0.25, -0.2) is 4.79 Å². The molecule has 0 bridgehead atoms. The van der Waals surface area contributed by atoms with Gasteiger partial charge in [0.25, 0.3) is 0 Å². The molecule has 2 aromatic carbocycles. The molecule has 0 aliphatic carbocycles. The number of aryl methyl sites for hydroxylation is 1. The predicted molar refractivity (Wildman–Crippen MR) is 91.6 cm³/mol. The van der Waals surface area contributed by atoms with Crippen molar-refractivity contribution in [1.82, 2.24) is 9.78 Å². The van der Waals surface area contributed by atoms with Crippen molar-refractivity contribution in [2.45, 2.75) is 0 Å². The van der Waals surface area contributed by atoms with Gasteiger partial charge in [0.2, 0.25) is 5.43 Å². The number of carboxylic acids is 1. The fourth-order valence-electron chi connectivity index (χ4n) is 2.37. The minimum Gasteiger partial charge on any atom is -0.478 e. The van der Waals surface area contributed by atoms with Crippen LogP contribution in [0.3, 0.4) is 0 Å². The van der Waals surface area contributed by atoms with Gasteiger partial charge in [-0.2, -0.15) is 5.10 Å². The molecule has 0 atom stereocenters. The van der Waals surface area contributed by atoms with Crippen molar-refractivity contribution >= 4 is 17.5 Å². The minimum atomic E-state index is -1.04. The highest BCUT2D eigenvalue weighted by molar-refractivity contribution is 5.95. The fraction of sp³-hybridized carbons (Fsp3) is 0.0556. The summed E-state index contributed by atoms with van der Waals surface area (Å²) in [5, 5.41) is 16.5. The predicted octanol–water partition coefficient (Wildman–Crippen LogP) is 2.89. The zero-order chi connectivity index (χ0) is 17.1. The van der Waals surface area contributed by atoms with E-state index in [1.165, 1.54) is 16.8 Å². The van der Waals surface area contributed by atoms with Gasteiger partial charge in [-0.1, -0.05) is 42.5 Å². The van der Waals surface area contributed by atoms with Gasteiger partial charge in [-0.3, -0.25) is 9.48 Å². The number of benzene rings is 2. The molecule has 0 saturated heterocycles. The van der Waals surface area contributed by atoms with Crippen LogP contribution in [-0.4, -0.2) is 20.9 Å². The number of aromatic carboxylic acids is 1. The molecule has 0 aliphatic heterocycles. The number of rotatable bonds is 4. The highest BCUT2D eigenvalue weighted by Crippen LogP contribution is 2.20. The third-order valence-electron chi connectivity index (χ3n) is 3.57. The summed E-state index contributed by atoms with van der Waals surface area (Å²) in [5.41, 5.74) is 1.35. The first-order chi connectivity index (χ1) is 11.6. The van der Waals surface area contributed by atoms with E-state index < -0.39 is 5.97 Å². The van der Waals surface area contributed by atoms with E-state index in [1.54, 1.807) is 25.2 Å². The summed E-state index contributed by atoms with van der Waals surface area (Å²) >= 11 is 0. The molecule has 0 aliphatic rings. The lowest BCUT2D eigenvalue weighted by Crippen LogP contribution is -2.16. The quantitative estimate of drug-likeness (QED) is 0.772. The van der Waals surface area contributed by atoms with Crippen LogP contribution in [0.2, 0.25) is 0 Å². The van der Waals surface area contributed by atoms with Crippen molar-refractivity contribution < 1.29 is 9.90 Å². The smallest absolute Gasteiger partial charge is 0.337 e. The Morgan fingerprint density at radius 3 is 2.46 bits per heavy atom. The van der Waals surface area contributed by atoms with E-state index in [-0.39, 0.29) is 11.0 Å². The van der Waals surface area contributed by atoms with E-state index >= 15 is 0 Å². The molecular weight excluding hydrogens is 306 g/mol. The lowest BCUT2D eigenvalue weighted by Gasteiger charge is -2.13. The average molecular weight is 321 g/mol. The van der Waals surface area contributed by atoms with E-state index in [0.717, 1.165) is 5.56 Å². The highest BCUT2D eigenvalue weighted by Gasteiger charge is 2.12. The van der Waals surface area contributed by atoms with Gasteiger partial charge in [0.05, 0.1) is 11.3 Å². The van der Waals surface area contributed by atoms with E-state index in [1.807, 2.05) is 30.3 Å². The normalized spacial score (nSPS) is 10.4. The van der Waals surface area contributed by atoms with Crippen molar-refractivity contribution in [3.8, 4) is 11.3 Å². The molecule has 6 heteroatoms. The number of anilines is 2. The van der Waals surface area contributed by atoms with E-state index in [0.29, 0.717) is 17.2 Å². The van der Waals surface area contributed by atoms with Gasteiger partial charge in [0.1, 0.15) is 11.5 Å². The van der Waals surface area contributed by atoms with Gasteiger partial charge in [0, 0.05) is 18.7 Å². The molecule has 120 valence electrons. The van der Waals surface area contributed by atoms with Crippen LogP contribution in [-0.2, 0) is 7.05 Å². The monoisotopic (exact) mass is 321 g/mol. The first-order valence-corrected chi connectivity index (χ1v) is 7.29. The number of aromatic nitrogens is 2. The van der Waals surface area contributed by atoms with Gasteiger partial charge < -0.3 is 10.4 Å². The molecule has 1 heterocycles. The van der Waals surface area contributed by atoms with Crippen LogP contribution in [0.25, 0.3) is 11.3 Å². The molecule has 0 radical (unpaired) electrons. The summed E-state index contributed by atoms with van der Waals surface area (Å²) < 4.78 is 1.52. The van der Waals surface area contributed by atoms with Crippen molar-refractivity contribution in [3.05, 3.63) is 76.5 Å². The lowest BCUT2D eigenvalue weighted by atomic mass is 10.1. The molecule has 1 aromatic heterocycles. The Labute approximate surface area is 138 Å². The maximum Gasteiger partial charge on any atom is 0.337 e. The van der Waals surface area contributed by atoms with Crippen molar-refractivity contribution in [3.63, 3.8) is 0 Å². The first kappa shape index (κ1) is 15.5. The minimum absolute atomic E-state index is 0.122. The first-order valence-electron chi connectivity index (χ1n) is 7.29. The van der Waals surface area contributed by atoms with E-state index in [4.69, 9.17) is 0 Å². The topological polar surface area (TPSA) is 84.2 Å². The number of para-hydroxylation sites is 1. The average Bonchev–Trinajstić information content (AvgIpc) is 2.59. The number of hydrogen-bond donors (Lipinski definition) is 2. The van der Waals surface area contributed by atoms with Gasteiger partial charge >= 0.3 is 5.97 Å². The summed E-state index contributed by atoms with van der Waals surface area (Å²) in [5.74, 6) is -0.634. The summed E-state index contributed by atoms with van der Waals surface area (Å²) in [6.07, 6.45) is 0. The van der Waals surface area contributed by atoms with Gasteiger partial charge in [-0.15, -0.1) is 0 Å². The number of carboxylic acid groups (broad SMARTS) is 1. The van der Waals surface area contributed by atoms with Crippen LogP contribution < -0.4 is 10.7 Å². The second-order valence-corrected chi connectivity index (χ2v) is 5.21. The van der Waals surface area contributed by atoms with E-state index in [9.17, 15) is 14.7 Å². The zero-order valence-corrected chi connectivity index (χ0v) is 12.9. The van der Waals surface area contributed by atoms with E-state index in [2.05, 4.69) is 10.4 Å².